The molecule has 0 spiro atoms. The number of hydrogen-bond acceptors (Lipinski definition) is 3. The van der Waals surface area contributed by atoms with Gasteiger partial charge in [-0.25, -0.2) is 4.98 Å². The molecule has 3 aromatic rings. The van der Waals surface area contributed by atoms with Crippen LogP contribution in [0.15, 0.2) is 48.5 Å². The van der Waals surface area contributed by atoms with E-state index in [1.54, 1.807) is 0 Å². The average Bonchev–Trinajstić information content (AvgIpc) is 2.98. The van der Waals surface area contributed by atoms with Crippen molar-refractivity contribution in [3.63, 3.8) is 0 Å². The van der Waals surface area contributed by atoms with E-state index in [2.05, 4.69) is 27.4 Å². The summed E-state index contributed by atoms with van der Waals surface area (Å²) in [7, 11) is 0. The number of amides is 1. The summed E-state index contributed by atoms with van der Waals surface area (Å²) in [6.45, 7) is 1.92. The molecule has 2 aromatic carbocycles. The van der Waals surface area contributed by atoms with E-state index in [1.807, 2.05) is 43.3 Å². The highest BCUT2D eigenvalue weighted by atomic mass is 16.3. The third-order valence-electron chi connectivity index (χ3n) is 5.39. The Bertz CT molecular complexity index is 929. The minimum absolute atomic E-state index is 0.0212. The van der Waals surface area contributed by atoms with Crippen LogP contribution >= 0.6 is 0 Å². The number of aromatic nitrogens is 2. The Morgan fingerprint density at radius 1 is 1.22 bits per heavy atom. The van der Waals surface area contributed by atoms with Crippen LogP contribution < -0.4 is 5.32 Å². The predicted octanol–water partition coefficient (Wildman–Crippen LogP) is 2.91. The Labute approximate surface area is 158 Å². The van der Waals surface area contributed by atoms with Crippen LogP contribution in [0.3, 0.4) is 0 Å². The lowest BCUT2D eigenvalue weighted by Gasteiger charge is -2.38. The second-order valence-corrected chi connectivity index (χ2v) is 7.60. The molecule has 1 aliphatic carbocycles. The number of benzene rings is 2. The van der Waals surface area contributed by atoms with Crippen molar-refractivity contribution in [1.82, 2.24) is 15.3 Å². The Morgan fingerprint density at radius 2 is 2.00 bits per heavy atom. The molecule has 5 heteroatoms. The summed E-state index contributed by atoms with van der Waals surface area (Å²) in [5.74, 6) is 1.23. The van der Waals surface area contributed by atoms with Gasteiger partial charge in [0.15, 0.2) is 0 Å². The quantitative estimate of drug-likeness (QED) is 0.630. The molecule has 4 rings (SSSR count). The Morgan fingerprint density at radius 3 is 2.74 bits per heavy atom. The number of nitrogens with zero attached hydrogens (tertiary/aromatic N) is 1. The van der Waals surface area contributed by atoms with Crippen LogP contribution in [-0.4, -0.2) is 33.1 Å². The van der Waals surface area contributed by atoms with E-state index in [4.69, 9.17) is 0 Å². The van der Waals surface area contributed by atoms with Crippen LogP contribution in [0.5, 0.6) is 0 Å². The highest BCUT2D eigenvalue weighted by Gasteiger charge is 2.34. The van der Waals surface area contributed by atoms with Gasteiger partial charge < -0.3 is 15.4 Å². The molecular formula is C22H25N3O2. The summed E-state index contributed by atoms with van der Waals surface area (Å²) >= 11 is 0. The number of fused-ring (bicyclic) bond motifs is 1. The summed E-state index contributed by atoms with van der Waals surface area (Å²) in [6.07, 6.45) is 2.43. The van der Waals surface area contributed by atoms with Gasteiger partial charge >= 0.3 is 0 Å². The molecule has 1 fully saturated rings. The standard InChI is InChI=1S/C22H25N3O2/c1-14-23-19-8-7-16(10-21(19)24-14)11-22(27)25-20(17-12-18(26)13-17)9-15-5-3-2-4-6-15/h2-8,10,17-18,20,26H,9,11-13H2,1H3,(H,23,24)(H,25,27)/t17?,18?,20-/m0/s1. The minimum Gasteiger partial charge on any atom is -0.393 e. The smallest absolute Gasteiger partial charge is 0.224 e. The topological polar surface area (TPSA) is 78.0 Å². The molecule has 1 aliphatic rings. The number of H-pyrrole nitrogens is 1. The number of aliphatic hydroxyl groups excluding tert-OH is 1. The highest BCUT2D eigenvalue weighted by molar-refractivity contribution is 5.82. The molecule has 0 bridgehead atoms. The Hall–Kier alpha value is -2.66. The first-order chi connectivity index (χ1) is 13.1. The van der Waals surface area contributed by atoms with Gasteiger partial charge in [0.05, 0.1) is 23.6 Å². The van der Waals surface area contributed by atoms with Crippen LogP contribution in [0.1, 0.15) is 29.8 Å². The Balaban J connectivity index is 1.43. The summed E-state index contributed by atoms with van der Waals surface area (Å²) in [4.78, 5) is 20.3. The predicted molar refractivity (Wildman–Crippen MR) is 105 cm³/mol. The second kappa shape index (κ2) is 7.53. The average molecular weight is 363 g/mol. The van der Waals surface area contributed by atoms with Gasteiger partial charge in [0, 0.05) is 6.04 Å². The Kier molecular flexibility index (Phi) is 4.94. The fourth-order valence-corrected chi connectivity index (χ4v) is 3.90. The maximum atomic E-state index is 12.7. The molecule has 27 heavy (non-hydrogen) atoms. The first kappa shape index (κ1) is 17.7. The molecule has 1 aromatic heterocycles. The minimum atomic E-state index is -0.226. The zero-order valence-electron chi connectivity index (χ0n) is 15.5. The van der Waals surface area contributed by atoms with Crippen molar-refractivity contribution < 1.29 is 9.90 Å². The van der Waals surface area contributed by atoms with Crippen LogP contribution in [0.4, 0.5) is 0 Å². The molecular weight excluding hydrogens is 338 g/mol. The van der Waals surface area contributed by atoms with Crippen molar-refractivity contribution in [1.29, 1.82) is 0 Å². The SMILES string of the molecule is Cc1nc2ccc(CC(=O)N[C@@H](Cc3ccccc3)C3CC(O)C3)cc2[nH]1. The van der Waals surface area contributed by atoms with Crippen LogP contribution in [-0.2, 0) is 17.6 Å². The summed E-state index contributed by atoms with van der Waals surface area (Å²) in [5, 5.41) is 12.9. The summed E-state index contributed by atoms with van der Waals surface area (Å²) < 4.78 is 0. The normalized spacial score (nSPS) is 20.2. The number of imidazole rings is 1. The van der Waals surface area contributed by atoms with E-state index in [-0.39, 0.29) is 18.1 Å². The van der Waals surface area contributed by atoms with E-state index >= 15 is 0 Å². The second-order valence-electron chi connectivity index (χ2n) is 7.60. The van der Waals surface area contributed by atoms with Crippen molar-refractivity contribution in [2.45, 2.75) is 44.8 Å². The van der Waals surface area contributed by atoms with E-state index in [1.165, 1.54) is 5.56 Å². The fourth-order valence-electron chi connectivity index (χ4n) is 3.90. The lowest BCUT2D eigenvalue weighted by molar-refractivity contribution is -0.122. The maximum absolute atomic E-state index is 12.7. The van der Waals surface area contributed by atoms with Crippen LogP contribution in [0.2, 0.25) is 0 Å². The first-order valence-electron chi connectivity index (χ1n) is 9.53. The number of hydrogen-bond donors (Lipinski definition) is 3. The van der Waals surface area contributed by atoms with Gasteiger partial charge in [0.2, 0.25) is 5.91 Å². The van der Waals surface area contributed by atoms with E-state index in [9.17, 15) is 9.90 Å². The molecule has 0 unspecified atom stereocenters. The third-order valence-corrected chi connectivity index (χ3v) is 5.39. The number of aryl methyl sites for hydroxylation is 1. The van der Waals surface area contributed by atoms with E-state index < -0.39 is 0 Å². The number of carbonyl (C=O) groups excluding carboxylic acids is 1. The number of aliphatic hydroxyl groups is 1. The highest BCUT2D eigenvalue weighted by Crippen LogP contribution is 2.31. The largest absolute Gasteiger partial charge is 0.393 e. The summed E-state index contributed by atoms with van der Waals surface area (Å²) in [5.41, 5.74) is 4.05. The van der Waals surface area contributed by atoms with Gasteiger partial charge in [-0.2, -0.15) is 0 Å². The fraction of sp³-hybridized carbons (Fsp3) is 0.364. The van der Waals surface area contributed by atoms with E-state index in [0.29, 0.717) is 12.3 Å². The molecule has 1 amide bonds. The zero-order chi connectivity index (χ0) is 18.8. The molecule has 5 nitrogen and oxygen atoms in total. The molecule has 140 valence electrons. The zero-order valence-corrected chi connectivity index (χ0v) is 15.5. The van der Waals surface area contributed by atoms with Gasteiger partial charge in [0.1, 0.15) is 5.82 Å². The molecule has 0 radical (unpaired) electrons. The summed E-state index contributed by atoms with van der Waals surface area (Å²) in [6, 6.07) is 16.2. The van der Waals surface area contributed by atoms with Gasteiger partial charge in [-0.3, -0.25) is 4.79 Å². The van der Waals surface area contributed by atoms with Crippen molar-refractivity contribution in [2.24, 2.45) is 5.92 Å². The van der Waals surface area contributed by atoms with Crippen molar-refractivity contribution in [2.75, 3.05) is 0 Å². The molecule has 1 saturated carbocycles. The lowest BCUT2D eigenvalue weighted by atomic mass is 9.75. The van der Waals surface area contributed by atoms with Crippen LogP contribution in [0.25, 0.3) is 11.0 Å². The van der Waals surface area contributed by atoms with Gasteiger partial charge in [0.25, 0.3) is 0 Å². The first-order valence-corrected chi connectivity index (χ1v) is 9.53. The number of rotatable bonds is 6. The molecule has 0 saturated heterocycles. The number of carbonyl (C=O) groups is 1. The molecule has 1 atom stereocenters. The molecule has 1 heterocycles. The maximum Gasteiger partial charge on any atom is 0.224 e. The van der Waals surface area contributed by atoms with Gasteiger partial charge in [-0.15, -0.1) is 0 Å². The molecule has 0 aliphatic heterocycles. The lowest BCUT2D eigenvalue weighted by Crippen LogP contribution is -2.48. The van der Waals surface area contributed by atoms with Crippen molar-refractivity contribution in [3.05, 3.63) is 65.5 Å². The van der Waals surface area contributed by atoms with Crippen LogP contribution in [0, 0.1) is 12.8 Å². The van der Waals surface area contributed by atoms with Gasteiger partial charge in [-0.05, 0) is 55.4 Å². The van der Waals surface area contributed by atoms with Crippen molar-refractivity contribution in [3.8, 4) is 0 Å². The van der Waals surface area contributed by atoms with E-state index in [0.717, 1.165) is 41.7 Å². The number of aromatic amines is 1. The van der Waals surface area contributed by atoms with Gasteiger partial charge in [-0.1, -0.05) is 36.4 Å². The monoisotopic (exact) mass is 363 g/mol. The third kappa shape index (κ3) is 4.19. The number of nitrogens with one attached hydrogen (secondary N) is 2. The van der Waals surface area contributed by atoms with Crippen molar-refractivity contribution >= 4 is 16.9 Å². The molecule has 3 N–H and O–H groups in total.